The molecule has 2 aromatic rings. The Balaban J connectivity index is 1.38. The lowest BCUT2D eigenvalue weighted by Gasteiger charge is -2.38. The molecule has 0 N–H and O–H groups in total. The van der Waals surface area contributed by atoms with E-state index in [9.17, 15) is 13.2 Å². The van der Waals surface area contributed by atoms with Crippen molar-refractivity contribution >= 4 is 38.3 Å². The number of carbonyl (C=O) groups excluding carboxylic acids is 1. The van der Waals surface area contributed by atoms with Crippen LogP contribution in [0.2, 0.25) is 5.02 Å². The van der Waals surface area contributed by atoms with Crippen molar-refractivity contribution in [3.63, 3.8) is 0 Å². The lowest BCUT2D eigenvalue weighted by molar-refractivity contribution is -0.133. The van der Waals surface area contributed by atoms with E-state index in [0.29, 0.717) is 36.5 Å². The second-order valence-corrected chi connectivity index (χ2v) is 12.7. The van der Waals surface area contributed by atoms with E-state index < -0.39 is 16.1 Å². The molecule has 1 saturated carbocycles. The van der Waals surface area contributed by atoms with E-state index in [2.05, 4.69) is 18.7 Å². The molecular weight excluding hydrogens is 470 g/mol. The minimum atomic E-state index is -3.80. The van der Waals surface area contributed by atoms with Crippen molar-refractivity contribution in [3.8, 4) is 0 Å². The first-order valence-corrected chi connectivity index (χ1v) is 14.3. The van der Waals surface area contributed by atoms with Gasteiger partial charge in [0.15, 0.2) is 0 Å². The fourth-order valence-corrected chi connectivity index (χ4v) is 7.37. The third kappa shape index (κ3) is 4.72. The van der Waals surface area contributed by atoms with Gasteiger partial charge in [-0.05, 0) is 86.9 Å². The molecule has 8 heteroatoms. The normalized spacial score (nSPS) is 23.0. The molecule has 0 bridgehead atoms. The van der Waals surface area contributed by atoms with Crippen LogP contribution in [0.4, 0.5) is 0 Å². The van der Waals surface area contributed by atoms with Gasteiger partial charge in [0, 0.05) is 43.3 Å². The SMILES string of the molecule is CC(C)N1CCC(N2CC[C@H](N(CC3CC3)S(=O)(=O)c3ccc4cc(Cl)ccc4c3)C2=O)CC1. The average molecular weight is 504 g/mol. The maximum atomic E-state index is 13.9. The minimum absolute atomic E-state index is 0.0141. The summed E-state index contributed by atoms with van der Waals surface area (Å²) in [5, 5.41) is 2.35. The zero-order valence-electron chi connectivity index (χ0n) is 20.0. The zero-order valence-corrected chi connectivity index (χ0v) is 21.6. The van der Waals surface area contributed by atoms with Gasteiger partial charge in [0.1, 0.15) is 6.04 Å². The summed E-state index contributed by atoms with van der Waals surface area (Å²) in [6.45, 7) is 7.46. The van der Waals surface area contributed by atoms with Crippen molar-refractivity contribution in [1.29, 1.82) is 0 Å². The molecule has 6 nitrogen and oxygen atoms in total. The van der Waals surface area contributed by atoms with E-state index in [1.807, 2.05) is 17.0 Å². The van der Waals surface area contributed by atoms with E-state index in [1.54, 1.807) is 24.3 Å². The Hall–Kier alpha value is -1.67. The number of hydrogen-bond acceptors (Lipinski definition) is 4. The molecule has 2 heterocycles. The van der Waals surface area contributed by atoms with Crippen molar-refractivity contribution in [3.05, 3.63) is 41.4 Å². The van der Waals surface area contributed by atoms with Crippen molar-refractivity contribution in [2.45, 2.75) is 69.0 Å². The van der Waals surface area contributed by atoms with E-state index in [-0.39, 0.29) is 16.8 Å². The summed E-state index contributed by atoms with van der Waals surface area (Å²) in [7, 11) is -3.80. The van der Waals surface area contributed by atoms with Gasteiger partial charge in [-0.1, -0.05) is 23.7 Å². The first-order chi connectivity index (χ1) is 16.2. The molecule has 2 aromatic carbocycles. The van der Waals surface area contributed by atoms with E-state index in [0.717, 1.165) is 49.5 Å². The first kappa shape index (κ1) is 24.0. The van der Waals surface area contributed by atoms with Crippen molar-refractivity contribution in [2.75, 3.05) is 26.2 Å². The first-order valence-electron chi connectivity index (χ1n) is 12.5. The highest BCUT2D eigenvalue weighted by atomic mass is 35.5. The summed E-state index contributed by atoms with van der Waals surface area (Å²) in [4.78, 5) is 18.3. The Kier molecular flexibility index (Phi) is 6.66. The quantitative estimate of drug-likeness (QED) is 0.563. The molecule has 0 radical (unpaired) electrons. The van der Waals surface area contributed by atoms with Crippen LogP contribution in [0.5, 0.6) is 0 Å². The van der Waals surface area contributed by atoms with Crippen LogP contribution in [0.1, 0.15) is 46.0 Å². The number of hydrogen-bond donors (Lipinski definition) is 0. The average Bonchev–Trinajstić information content (AvgIpc) is 3.57. The van der Waals surface area contributed by atoms with Crippen LogP contribution in [-0.4, -0.2) is 72.7 Å². The van der Waals surface area contributed by atoms with Crippen molar-refractivity contribution in [2.24, 2.45) is 5.92 Å². The molecule has 2 saturated heterocycles. The highest BCUT2D eigenvalue weighted by Gasteiger charge is 2.46. The van der Waals surface area contributed by atoms with Crippen LogP contribution >= 0.6 is 11.6 Å². The van der Waals surface area contributed by atoms with Gasteiger partial charge in [-0.15, -0.1) is 0 Å². The van der Waals surface area contributed by atoms with Crippen LogP contribution in [0.3, 0.4) is 0 Å². The van der Waals surface area contributed by atoms with Crippen LogP contribution in [0.25, 0.3) is 10.8 Å². The number of sulfonamides is 1. The molecule has 1 aliphatic carbocycles. The predicted octanol–water partition coefficient (Wildman–Crippen LogP) is 4.37. The van der Waals surface area contributed by atoms with Gasteiger partial charge in [-0.3, -0.25) is 4.79 Å². The Morgan fingerprint density at radius 1 is 0.971 bits per heavy atom. The summed E-state index contributed by atoms with van der Waals surface area (Å²) in [5.74, 6) is 0.338. The molecule has 34 heavy (non-hydrogen) atoms. The van der Waals surface area contributed by atoms with Gasteiger partial charge in [0.2, 0.25) is 15.9 Å². The standard InChI is InChI=1S/C26H34ClN3O3S/c1-18(2)28-12-9-23(10-13-28)29-14-11-25(26(29)31)30(17-19-3-4-19)34(32,33)24-8-6-20-15-22(27)7-5-21(20)16-24/h5-8,15-16,18-19,23,25H,3-4,9-14,17H2,1-2H3/t25-/m0/s1. The Bertz CT molecular complexity index is 1170. The van der Waals surface area contributed by atoms with E-state index in [4.69, 9.17) is 11.6 Å². The number of likely N-dealkylation sites (tertiary alicyclic amines) is 2. The summed E-state index contributed by atoms with van der Waals surface area (Å²) >= 11 is 6.09. The fraction of sp³-hybridized carbons (Fsp3) is 0.577. The molecule has 0 spiro atoms. The zero-order chi connectivity index (χ0) is 24.0. The molecule has 184 valence electrons. The van der Waals surface area contributed by atoms with Crippen LogP contribution < -0.4 is 0 Å². The highest BCUT2D eigenvalue weighted by Crippen LogP contribution is 2.36. The number of benzene rings is 2. The third-order valence-corrected chi connectivity index (χ3v) is 9.85. The number of piperidine rings is 1. The molecule has 0 aromatic heterocycles. The second-order valence-electron chi connectivity index (χ2n) is 10.4. The number of halogens is 1. The molecule has 1 atom stereocenters. The summed E-state index contributed by atoms with van der Waals surface area (Å²) in [6, 6.07) is 10.7. The van der Waals surface area contributed by atoms with E-state index >= 15 is 0 Å². The summed E-state index contributed by atoms with van der Waals surface area (Å²) in [6.07, 6.45) is 4.54. The largest absolute Gasteiger partial charge is 0.338 e. The second kappa shape index (κ2) is 9.41. The number of nitrogens with zero attached hydrogens (tertiary/aromatic N) is 3. The van der Waals surface area contributed by atoms with Gasteiger partial charge < -0.3 is 9.80 Å². The van der Waals surface area contributed by atoms with Gasteiger partial charge in [-0.25, -0.2) is 8.42 Å². The van der Waals surface area contributed by atoms with Crippen LogP contribution in [-0.2, 0) is 14.8 Å². The molecule has 2 aliphatic heterocycles. The number of rotatable bonds is 7. The monoisotopic (exact) mass is 503 g/mol. The van der Waals surface area contributed by atoms with Crippen molar-refractivity contribution in [1.82, 2.24) is 14.1 Å². The van der Waals surface area contributed by atoms with Gasteiger partial charge in [0.05, 0.1) is 4.90 Å². The summed E-state index contributed by atoms with van der Waals surface area (Å²) < 4.78 is 29.2. The predicted molar refractivity (Wildman–Crippen MR) is 135 cm³/mol. The molecule has 0 unspecified atom stereocenters. The lowest BCUT2D eigenvalue weighted by Crippen LogP contribution is -2.51. The maximum absolute atomic E-state index is 13.9. The maximum Gasteiger partial charge on any atom is 0.243 e. The topological polar surface area (TPSA) is 60.9 Å². The summed E-state index contributed by atoms with van der Waals surface area (Å²) in [5.41, 5.74) is 0. The Labute approximate surface area is 207 Å². The van der Waals surface area contributed by atoms with Crippen LogP contribution in [0, 0.1) is 5.92 Å². The van der Waals surface area contributed by atoms with Gasteiger partial charge in [-0.2, -0.15) is 4.31 Å². The Morgan fingerprint density at radius 2 is 1.65 bits per heavy atom. The molecular formula is C26H34ClN3O3S. The number of amides is 1. The fourth-order valence-electron chi connectivity index (χ4n) is 5.47. The van der Waals surface area contributed by atoms with Crippen molar-refractivity contribution < 1.29 is 13.2 Å². The smallest absolute Gasteiger partial charge is 0.243 e. The molecule has 3 aliphatic rings. The Morgan fingerprint density at radius 3 is 2.32 bits per heavy atom. The van der Waals surface area contributed by atoms with Crippen LogP contribution in [0.15, 0.2) is 41.3 Å². The molecule has 1 amide bonds. The molecule has 5 rings (SSSR count). The third-order valence-electron chi connectivity index (χ3n) is 7.74. The number of carbonyl (C=O) groups is 1. The number of fused-ring (bicyclic) bond motifs is 1. The lowest BCUT2D eigenvalue weighted by atomic mass is 10.0. The molecule has 3 fully saturated rings. The minimum Gasteiger partial charge on any atom is -0.338 e. The highest BCUT2D eigenvalue weighted by molar-refractivity contribution is 7.89. The van der Waals surface area contributed by atoms with E-state index in [1.165, 1.54) is 4.31 Å². The van der Waals surface area contributed by atoms with Gasteiger partial charge in [0.25, 0.3) is 0 Å². The van der Waals surface area contributed by atoms with Gasteiger partial charge >= 0.3 is 0 Å².